The molecular weight excluding hydrogens is 410 g/mol. The molecule has 0 radical (unpaired) electrons. The second kappa shape index (κ2) is 9.26. The van der Waals surface area contributed by atoms with E-state index in [0.717, 1.165) is 16.9 Å². The number of benzene rings is 1. The number of amides is 2. The van der Waals surface area contributed by atoms with E-state index in [9.17, 15) is 9.59 Å². The first kappa shape index (κ1) is 21.0. The maximum Gasteiger partial charge on any atom is 0.257 e. The molecule has 0 bridgehead atoms. The number of hydrogen-bond acceptors (Lipinski definition) is 6. The van der Waals surface area contributed by atoms with Gasteiger partial charge in [-0.25, -0.2) is 4.98 Å². The molecule has 160 valence electrons. The Kier molecular flexibility index (Phi) is 6.27. The van der Waals surface area contributed by atoms with Crippen molar-refractivity contribution in [3.8, 4) is 11.3 Å². The van der Waals surface area contributed by atoms with Crippen molar-refractivity contribution in [1.82, 2.24) is 14.9 Å². The predicted molar refractivity (Wildman–Crippen MR) is 123 cm³/mol. The van der Waals surface area contributed by atoms with Crippen LogP contribution in [0, 0.1) is 5.92 Å². The molecule has 7 nitrogen and oxygen atoms in total. The third kappa shape index (κ3) is 4.74. The number of nitrogens with zero attached hydrogens (tertiary/aromatic N) is 3. The minimum Gasteiger partial charge on any atom is -0.364 e. The SMILES string of the molecule is CC(C)C1Nc2ccccc2C(=O)N1CCCC(=O)Nc1nc(-c2cccnc2)cs1. The minimum atomic E-state index is -0.106. The van der Waals surface area contributed by atoms with E-state index in [2.05, 4.69) is 34.4 Å². The maximum absolute atomic E-state index is 13.0. The zero-order valence-electron chi connectivity index (χ0n) is 17.5. The molecule has 3 heterocycles. The number of carbonyl (C=O) groups excluding carboxylic acids is 2. The molecule has 1 aliphatic heterocycles. The minimum absolute atomic E-state index is 0.00879. The number of aromatic nitrogens is 2. The van der Waals surface area contributed by atoms with Gasteiger partial charge in [-0.3, -0.25) is 14.6 Å². The van der Waals surface area contributed by atoms with Gasteiger partial charge in [0.15, 0.2) is 5.13 Å². The molecule has 2 aromatic heterocycles. The number of nitrogens with one attached hydrogen (secondary N) is 2. The van der Waals surface area contributed by atoms with E-state index in [-0.39, 0.29) is 23.9 Å². The number of para-hydroxylation sites is 1. The fourth-order valence-electron chi connectivity index (χ4n) is 3.65. The number of carbonyl (C=O) groups is 2. The zero-order chi connectivity index (χ0) is 21.8. The van der Waals surface area contributed by atoms with E-state index in [4.69, 9.17) is 0 Å². The van der Waals surface area contributed by atoms with Crippen molar-refractivity contribution in [2.75, 3.05) is 17.2 Å². The zero-order valence-corrected chi connectivity index (χ0v) is 18.4. The van der Waals surface area contributed by atoms with Crippen molar-refractivity contribution in [3.05, 3.63) is 59.7 Å². The normalized spacial score (nSPS) is 15.5. The summed E-state index contributed by atoms with van der Waals surface area (Å²) in [6.45, 7) is 4.68. The van der Waals surface area contributed by atoms with Crippen LogP contribution in [0.25, 0.3) is 11.3 Å². The summed E-state index contributed by atoms with van der Waals surface area (Å²) >= 11 is 1.39. The molecule has 0 spiro atoms. The molecule has 0 fully saturated rings. The number of fused-ring (bicyclic) bond motifs is 1. The summed E-state index contributed by atoms with van der Waals surface area (Å²) in [4.78, 5) is 35.8. The van der Waals surface area contributed by atoms with Crippen LogP contribution in [0.3, 0.4) is 0 Å². The van der Waals surface area contributed by atoms with E-state index < -0.39 is 0 Å². The molecule has 1 aromatic carbocycles. The Bertz CT molecular complexity index is 1070. The summed E-state index contributed by atoms with van der Waals surface area (Å²) in [5, 5.41) is 8.79. The third-order valence-corrected chi connectivity index (χ3v) is 5.96. The number of rotatable bonds is 7. The second-order valence-electron chi connectivity index (χ2n) is 7.81. The molecule has 2 amide bonds. The largest absolute Gasteiger partial charge is 0.364 e. The van der Waals surface area contributed by atoms with E-state index in [0.29, 0.717) is 30.1 Å². The van der Waals surface area contributed by atoms with E-state index in [1.807, 2.05) is 46.7 Å². The molecule has 2 N–H and O–H groups in total. The van der Waals surface area contributed by atoms with Crippen LogP contribution in [0.4, 0.5) is 10.8 Å². The topological polar surface area (TPSA) is 87.2 Å². The van der Waals surface area contributed by atoms with Crippen molar-refractivity contribution in [2.24, 2.45) is 5.92 Å². The van der Waals surface area contributed by atoms with Crippen LogP contribution in [0.1, 0.15) is 37.0 Å². The van der Waals surface area contributed by atoms with Crippen LogP contribution in [-0.2, 0) is 4.79 Å². The smallest absolute Gasteiger partial charge is 0.257 e. The van der Waals surface area contributed by atoms with E-state index in [1.165, 1.54) is 11.3 Å². The van der Waals surface area contributed by atoms with Gasteiger partial charge in [-0.2, -0.15) is 0 Å². The average molecular weight is 436 g/mol. The Morgan fingerprint density at radius 1 is 1.26 bits per heavy atom. The van der Waals surface area contributed by atoms with Gasteiger partial charge in [0.05, 0.1) is 11.3 Å². The molecule has 8 heteroatoms. The first-order valence-corrected chi connectivity index (χ1v) is 11.2. The third-order valence-electron chi connectivity index (χ3n) is 5.20. The predicted octanol–water partition coefficient (Wildman–Crippen LogP) is 4.47. The van der Waals surface area contributed by atoms with Crippen LogP contribution in [-0.4, -0.2) is 39.4 Å². The Labute approximate surface area is 185 Å². The highest BCUT2D eigenvalue weighted by molar-refractivity contribution is 7.14. The summed E-state index contributed by atoms with van der Waals surface area (Å²) in [6, 6.07) is 11.3. The lowest BCUT2D eigenvalue weighted by Crippen LogP contribution is -2.51. The van der Waals surface area contributed by atoms with Crippen molar-refractivity contribution < 1.29 is 9.59 Å². The molecule has 0 aliphatic carbocycles. The lowest BCUT2D eigenvalue weighted by molar-refractivity contribution is -0.116. The van der Waals surface area contributed by atoms with Gasteiger partial charge < -0.3 is 15.5 Å². The summed E-state index contributed by atoms with van der Waals surface area (Å²) < 4.78 is 0. The van der Waals surface area contributed by atoms with Crippen LogP contribution >= 0.6 is 11.3 Å². The Morgan fingerprint density at radius 2 is 2.10 bits per heavy atom. The molecule has 1 atom stereocenters. The van der Waals surface area contributed by atoms with Gasteiger partial charge in [0, 0.05) is 42.0 Å². The average Bonchev–Trinajstić information content (AvgIpc) is 3.24. The second-order valence-corrected chi connectivity index (χ2v) is 8.67. The number of pyridine rings is 1. The summed E-state index contributed by atoms with van der Waals surface area (Å²) in [5.74, 6) is 0.146. The van der Waals surface area contributed by atoms with Gasteiger partial charge in [0.1, 0.15) is 6.17 Å². The number of anilines is 2. The Morgan fingerprint density at radius 3 is 2.87 bits per heavy atom. The van der Waals surface area contributed by atoms with E-state index in [1.54, 1.807) is 12.4 Å². The highest BCUT2D eigenvalue weighted by atomic mass is 32.1. The lowest BCUT2D eigenvalue weighted by Gasteiger charge is -2.40. The van der Waals surface area contributed by atoms with Crippen LogP contribution in [0.5, 0.6) is 0 Å². The van der Waals surface area contributed by atoms with Gasteiger partial charge in [-0.1, -0.05) is 26.0 Å². The Balaban J connectivity index is 1.34. The van der Waals surface area contributed by atoms with Crippen LogP contribution < -0.4 is 10.6 Å². The molecule has 3 aromatic rings. The molecular formula is C23H25N5O2S. The number of hydrogen-bond donors (Lipinski definition) is 2. The standard InChI is InChI=1S/C23H25N5O2S/c1-15(2)21-25-18-9-4-3-8-17(18)22(30)28(21)12-6-10-20(29)27-23-26-19(14-31-23)16-7-5-11-24-13-16/h3-5,7-9,11,13-15,21,25H,6,10,12H2,1-2H3,(H,26,27,29). The van der Waals surface area contributed by atoms with Crippen LogP contribution in [0.15, 0.2) is 54.2 Å². The number of thiazole rings is 1. The molecule has 0 saturated carbocycles. The van der Waals surface area contributed by atoms with Gasteiger partial charge >= 0.3 is 0 Å². The quantitative estimate of drug-likeness (QED) is 0.572. The van der Waals surface area contributed by atoms with Crippen LogP contribution in [0.2, 0.25) is 0 Å². The first-order valence-electron chi connectivity index (χ1n) is 10.4. The van der Waals surface area contributed by atoms with E-state index >= 15 is 0 Å². The van der Waals surface area contributed by atoms with Gasteiger partial charge in [-0.15, -0.1) is 11.3 Å². The monoisotopic (exact) mass is 435 g/mol. The van der Waals surface area contributed by atoms with Crippen molar-refractivity contribution in [3.63, 3.8) is 0 Å². The first-order chi connectivity index (χ1) is 15.0. The fourth-order valence-corrected chi connectivity index (χ4v) is 4.39. The van der Waals surface area contributed by atoms with Crippen molar-refractivity contribution >= 4 is 34.0 Å². The summed E-state index contributed by atoms with van der Waals surface area (Å²) in [5.41, 5.74) is 3.25. The molecule has 31 heavy (non-hydrogen) atoms. The molecule has 0 saturated heterocycles. The fraction of sp³-hybridized carbons (Fsp3) is 0.304. The molecule has 4 rings (SSSR count). The maximum atomic E-state index is 13.0. The van der Waals surface area contributed by atoms with Gasteiger partial charge in [0.2, 0.25) is 5.91 Å². The van der Waals surface area contributed by atoms with Gasteiger partial charge in [-0.05, 0) is 36.6 Å². The highest BCUT2D eigenvalue weighted by Crippen LogP contribution is 2.28. The Hall–Kier alpha value is -3.26. The van der Waals surface area contributed by atoms with Crippen molar-refractivity contribution in [2.45, 2.75) is 32.9 Å². The molecule has 1 unspecified atom stereocenters. The lowest BCUT2D eigenvalue weighted by atomic mass is 10.0. The summed E-state index contributed by atoms with van der Waals surface area (Å²) in [6.07, 6.45) is 4.26. The summed E-state index contributed by atoms with van der Waals surface area (Å²) in [7, 11) is 0. The van der Waals surface area contributed by atoms with Gasteiger partial charge in [0.25, 0.3) is 5.91 Å². The van der Waals surface area contributed by atoms with Crippen molar-refractivity contribution in [1.29, 1.82) is 0 Å². The molecule has 1 aliphatic rings. The highest BCUT2D eigenvalue weighted by Gasteiger charge is 2.33.